The molecule has 2 aromatic heterocycles. The van der Waals surface area contributed by atoms with Crippen molar-refractivity contribution in [3.63, 3.8) is 0 Å². The zero-order valence-corrected chi connectivity index (χ0v) is 20.4. The van der Waals surface area contributed by atoms with Crippen molar-refractivity contribution >= 4 is 11.6 Å². The SMILES string of the molecule is O=C(N[C@@H]1COCc2ccccc21)c1cccc(NC2(c3nc(-c4ccncc4)n[nH]3)CCNCC2)c1. The molecule has 1 saturated heterocycles. The van der Waals surface area contributed by atoms with Crippen LogP contribution in [0.4, 0.5) is 5.69 Å². The number of anilines is 1. The molecule has 6 rings (SSSR count). The van der Waals surface area contributed by atoms with E-state index in [1.165, 1.54) is 0 Å². The highest BCUT2D eigenvalue weighted by molar-refractivity contribution is 5.95. The maximum absolute atomic E-state index is 13.2. The van der Waals surface area contributed by atoms with Crippen molar-refractivity contribution in [2.75, 3.05) is 25.0 Å². The Labute approximate surface area is 215 Å². The van der Waals surface area contributed by atoms with Crippen molar-refractivity contribution in [1.82, 2.24) is 30.8 Å². The van der Waals surface area contributed by atoms with Crippen LogP contribution in [0.2, 0.25) is 0 Å². The Morgan fingerprint density at radius 3 is 2.73 bits per heavy atom. The second kappa shape index (κ2) is 10.1. The third-order valence-electron chi connectivity index (χ3n) is 7.12. The van der Waals surface area contributed by atoms with Gasteiger partial charge in [-0.25, -0.2) is 4.98 Å². The molecule has 0 bridgehead atoms. The number of ether oxygens (including phenoxy) is 1. The van der Waals surface area contributed by atoms with Gasteiger partial charge in [0.25, 0.3) is 5.91 Å². The van der Waals surface area contributed by atoms with Gasteiger partial charge in [0.15, 0.2) is 11.6 Å². The lowest BCUT2D eigenvalue weighted by Crippen LogP contribution is -2.46. The summed E-state index contributed by atoms with van der Waals surface area (Å²) >= 11 is 0. The van der Waals surface area contributed by atoms with Crippen LogP contribution >= 0.6 is 0 Å². The third kappa shape index (κ3) is 4.83. The molecule has 0 aliphatic carbocycles. The van der Waals surface area contributed by atoms with E-state index in [1.54, 1.807) is 12.4 Å². The van der Waals surface area contributed by atoms with Gasteiger partial charge >= 0.3 is 0 Å². The smallest absolute Gasteiger partial charge is 0.251 e. The zero-order chi connectivity index (χ0) is 25.1. The first-order valence-electron chi connectivity index (χ1n) is 12.6. The first-order valence-corrected chi connectivity index (χ1v) is 12.6. The van der Waals surface area contributed by atoms with Crippen LogP contribution in [-0.2, 0) is 16.9 Å². The molecular formula is C28H29N7O2. The molecule has 4 aromatic rings. The highest BCUT2D eigenvalue weighted by atomic mass is 16.5. The monoisotopic (exact) mass is 495 g/mol. The van der Waals surface area contributed by atoms with Gasteiger partial charge in [0, 0.05) is 29.2 Å². The van der Waals surface area contributed by atoms with E-state index in [2.05, 4.69) is 37.2 Å². The highest BCUT2D eigenvalue weighted by Gasteiger charge is 2.37. The lowest BCUT2D eigenvalue weighted by atomic mass is 9.87. The number of carbonyl (C=O) groups is 1. The average molecular weight is 496 g/mol. The summed E-state index contributed by atoms with van der Waals surface area (Å²) in [5.41, 5.74) is 4.15. The molecular weight excluding hydrogens is 466 g/mol. The molecule has 0 unspecified atom stereocenters. The Kier molecular flexibility index (Phi) is 6.38. The summed E-state index contributed by atoms with van der Waals surface area (Å²) in [6.45, 7) is 2.73. The van der Waals surface area contributed by atoms with Crippen LogP contribution in [0, 0.1) is 0 Å². The van der Waals surface area contributed by atoms with Gasteiger partial charge in [0.1, 0.15) is 0 Å². The molecule has 2 aliphatic heterocycles. The van der Waals surface area contributed by atoms with E-state index < -0.39 is 5.54 Å². The Morgan fingerprint density at radius 2 is 1.86 bits per heavy atom. The molecule has 1 amide bonds. The minimum absolute atomic E-state index is 0.132. The molecule has 2 aromatic carbocycles. The van der Waals surface area contributed by atoms with E-state index >= 15 is 0 Å². The van der Waals surface area contributed by atoms with E-state index in [1.807, 2.05) is 54.6 Å². The number of nitrogens with zero attached hydrogens (tertiary/aromatic N) is 3. The van der Waals surface area contributed by atoms with E-state index in [9.17, 15) is 4.79 Å². The summed E-state index contributed by atoms with van der Waals surface area (Å²) in [7, 11) is 0. The fourth-order valence-electron chi connectivity index (χ4n) is 5.14. The fourth-order valence-corrected chi connectivity index (χ4v) is 5.14. The van der Waals surface area contributed by atoms with Gasteiger partial charge in [0.05, 0.1) is 24.8 Å². The first kappa shape index (κ1) is 23.3. The van der Waals surface area contributed by atoms with E-state index in [4.69, 9.17) is 9.72 Å². The van der Waals surface area contributed by atoms with Crippen LogP contribution in [0.5, 0.6) is 0 Å². The molecule has 0 radical (unpaired) electrons. The van der Waals surface area contributed by atoms with Gasteiger partial charge in [0.2, 0.25) is 0 Å². The van der Waals surface area contributed by atoms with Crippen molar-refractivity contribution in [3.05, 3.63) is 95.6 Å². The number of amides is 1. The number of pyridine rings is 1. The Bertz CT molecular complexity index is 1380. The standard InChI is InChI=1S/C28H29N7O2/c36-26(31-24-18-37-17-21-4-1-2-7-23(21)24)20-5-3-6-22(16-20)33-28(10-14-30-15-11-28)27-32-25(34-35-27)19-8-12-29-13-9-19/h1-9,12-13,16,24,30,33H,10-11,14-15,17-18H2,(H,31,36)(H,32,34,35)/t24-/m1/s1. The van der Waals surface area contributed by atoms with Crippen LogP contribution in [0.25, 0.3) is 11.4 Å². The number of hydrogen-bond acceptors (Lipinski definition) is 7. The Balaban J connectivity index is 1.23. The molecule has 0 spiro atoms. The number of hydrogen-bond donors (Lipinski definition) is 4. The van der Waals surface area contributed by atoms with Crippen LogP contribution in [0.1, 0.15) is 46.2 Å². The summed E-state index contributed by atoms with van der Waals surface area (Å²) in [5, 5.41) is 17.9. The Morgan fingerprint density at radius 1 is 1.03 bits per heavy atom. The molecule has 2 aliphatic rings. The number of aromatic amines is 1. The van der Waals surface area contributed by atoms with Crippen LogP contribution < -0.4 is 16.0 Å². The normalized spacial score (nSPS) is 18.5. The maximum Gasteiger partial charge on any atom is 0.251 e. The van der Waals surface area contributed by atoms with Crippen LogP contribution in [0.3, 0.4) is 0 Å². The highest BCUT2D eigenvalue weighted by Crippen LogP contribution is 2.34. The van der Waals surface area contributed by atoms with Gasteiger partial charge in [-0.3, -0.25) is 14.9 Å². The molecule has 4 N–H and O–H groups in total. The van der Waals surface area contributed by atoms with Crippen LogP contribution in [0.15, 0.2) is 73.1 Å². The largest absolute Gasteiger partial charge is 0.374 e. The quantitative estimate of drug-likeness (QED) is 0.323. The molecule has 1 fully saturated rings. The second-order valence-corrected chi connectivity index (χ2v) is 9.52. The first-order chi connectivity index (χ1) is 18.2. The number of aromatic nitrogens is 4. The molecule has 1 atom stereocenters. The van der Waals surface area contributed by atoms with Crippen molar-refractivity contribution in [2.45, 2.75) is 31.0 Å². The summed E-state index contributed by atoms with van der Waals surface area (Å²) in [6.07, 6.45) is 5.12. The molecule has 0 saturated carbocycles. The number of nitrogens with one attached hydrogen (secondary N) is 4. The van der Waals surface area contributed by atoms with E-state index in [-0.39, 0.29) is 11.9 Å². The van der Waals surface area contributed by atoms with Crippen molar-refractivity contribution in [2.24, 2.45) is 0 Å². The number of benzene rings is 2. The van der Waals surface area contributed by atoms with Crippen molar-refractivity contribution in [1.29, 1.82) is 0 Å². The van der Waals surface area contributed by atoms with Gasteiger partial charge in [-0.2, -0.15) is 5.10 Å². The Hall–Kier alpha value is -4.08. The van der Waals surface area contributed by atoms with E-state index in [0.717, 1.165) is 54.1 Å². The van der Waals surface area contributed by atoms with Crippen LogP contribution in [-0.4, -0.2) is 45.8 Å². The summed E-state index contributed by atoms with van der Waals surface area (Å²) in [4.78, 5) is 22.2. The molecule has 9 nitrogen and oxygen atoms in total. The lowest BCUT2D eigenvalue weighted by Gasteiger charge is -2.37. The van der Waals surface area contributed by atoms with Gasteiger partial charge in [-0.1, -0.05) is 30.3 Å². The predicted octanol–water partition coefficient (Wildman–Crippen LogP) is 3.56. The minimum atomic E-state index is -0.436. The third-order valence-corrected chi connectivity index (χ3v) is 7.12. The fraction of sp³-hybridized carbons (Fsp3) is 0.286. The van der Waals surface area contributed by atoms with Gasteiger partial charge in [-0.15, -0.1) is 0 Å². The number of rotatable bonds is 6. The number of fused-ring (bicyclic) bond motifs is 1. The minimum Gasteiger partial charge on any atom is -0.374 e. The predicted molar refractivity (Wildman–Crippen MR) is 140 cm³/mol. The second-order valence-electron chi connectivity index (χ2n) is 9.52. The van der Waals surface area contributed by atoms with Crippen molar-refractivity contribution in [3.8, 4) is 11.4 Å². The van der Waals surface area contributed by atoms with E-state index in [0.29, 0.717) is 24.6 Å². The average Bonchev–Trinajstić information content (AvgIpc) is 3.46. The molecule has 188 valence electrons. The topological polar surface area (TPSA) is 117 Å². The number of piperidine rings is 1. The van der Waals surface area contributed by atoms with Gasteiger partial charge in [-0.05, 0) is 67.4 Å². The van der Waals surface area contributed by atoms with Crippen molar-refractivity contribution < 1.29 is 9.53 Å². The lowest BCUT2D eigenvalue weighted by molar-refractivity contribution is 0.0708. The molecule has 9 heteroatoms. The molecule has 4 heterocycles. The number of H-pyrrole nitrogens is 1. The summed E-state index contributed by atoms with van der Waals surface area (Å²) < 4.78 is 5.71. The zero-order valence-electron chi connectivity index (χ0n) is 20.4. The molecule has 37 heavy (non-hydrogen) atoms. The van der Waals surface area contributed by atoms with Gasteiger partial charge < -0.3 is 20.7 Å². The number of carbonyl (C=O) groups excluding carboxylic acids is 1. The summed E-state index contributed by atoms with van der Waals surface area (Å²) in [6, 6.07) is 19.3. The maximum atomic E-state index is 13.2. The summed E-state index contributed by atoms with van der Waals surface area (Å²) in [5.74, 6) is 1.29.